The van der Waals surface area contributed by atoms with E-state index in [1.807, 2.05) is 31.2 Å². The van der Waals surface area contributed by atoms with Crippen LogP contribution < -0.4 is 5.32 Å². The Morgan fingerprint density at radius 2 is 1.85 bits per heavy atom. The van der Waals surface area contributed by atoms with Gasteiger partial charge in [0.1, 0.15) is 35.5 Å². The van der Waals surface area contributed by atoms with Crippen molar-refractivity contribution in [1.29, 1.82) is 0 Å². The maximum atomic E-state index is 12.5. The van der Waals surface area contributed by atoms with Gasteiger partial charge in [0, 0.05) is 62.9 Å². The normalized spacial score (nSPS) is 17.2. The van der Waals surface area contributed by atoms with E-state index in [1.165, 1.54) is 19.4 Å². The number of aryl methyl sites for hydroxylation is 1. The highest BCUT2D eigenvalue weighted by Gasteiger charge is 2.30. The van der Waals surface area contributed by atoms with Gasteiger partial charge in [0.25, 0.3) is 0 Å². The molecule has 6 rings (SSSR count). The average molecular weight is 552 g/mol. The predicted molar refractivity (Wildman–Crippen MR) is 154 cm³/mol. The summed E-state index contributed by atoms with van der Waals surface area (Å²) in [6.07, 6.45) is 8.08. The summed E-state index contributed by atoms with van der Waals surface area (Å²) in [5, 5.41) is 3.22. The molecule has 1 N–H and O–H groups in total. The van der Waals surface area contributed by atoms with Gasteiger partial charge in [0.2, 0.25) is 0 Å². The van der Waals surface area contributed by atoms with Gasteiger partial charge < -0.3 is 10.1 Å². The Balaban J connectivity index is 1.01. The molecule has 4 aromatic heterocycles. The van der Waals surface area contributed by atoms with Crippen LogP contribution >= 0.6 is 0 Å². The minimum atomic E-state index is -0.399. The first-order chi connectivity index (χ1) is 20.1. The first-order valence-corrected chi connectivity index (χ1v) is 14.0. The number of ether oxygens (including phenoxy) is 1. The van der Waals surface area contributed by atoms with E-state index in [2.05, 4.69) is 45.0 Å². The highest BCUT2D eigenvalue weighted by molar-refractivity contribution is 5.87. The summed E-state index contributed by atoms with van der Waals surface area (Å²) in [7, 11) is 0. The quantitative estimate of drug-likeness (QED) is 0.308. The Morgan fingerprint density at radius 1 is 0.976 bits per heavy atom. The van der Waals surface area contributed by atoms with Crippen molar-refractivity contribution in [2.45, 2.75) is 32.2 Å². The molecule has 0 aromatic carbocycles. The molecule has 0 saturated carbocycles. The second kappa shape index (κ2) is 12.4. The van der Waals surface area contributed by atoms with Crippen LogP contribution in [0, 0.1) is 6.92 Å². The van der Waals surface area contributed by atoms with Gasteiger partial charge in [-0.25, -0.2) is 34.7 Å². The standard InChI is InChI=1S/C30H33N9O2/c1-21-4-2-6-24(34-21)29-32-12-10-27(37-29)35-26-9-11-31-28(36-26)18-22-7-8-25(33-19-22)30(40)41-17-16-38-14-15-39-13-3-5-23(39)20-38/h2,4,6-12,19,23H,3,5,13-18,20H2,1H3,(H,31,32,35,36,37). The molecule has 2 aliphatic rings. The van der Waals surface area contributed by atoms with Crippen LogP contribution in [0.3, 0.4) is 0 Å². The topological polar surface area (TPSA) is 122 Å². The minimum Gasteiger partial charge on any atom is -0.460 e. The summed E-state index contributed by atoms with van der Waals surface area (Å²) in [6.45, 7) is 7.49. The summed E-state index contributed by atoms with van der Waals surface area (Å²) >= 11 is 0. The molecule has 0 radical (unpaired) electrons. The summed E-state index contributed by atoms with van der Waals surface area (Å²) in [5.41, 5.74) is 2.80. The van der Waals surface area contributed by atoms with Crippen LogP contribution in [0.25, 0.3) is 11.5 Å². The van der Waals surface area contributed by atoms with Crippen molar-refractivity contribution < 1.29 is 9.53 Å². The zero-order valence-corrected chi connectivity index (χ0v) is 23.1. The van der Waals surface area contributed by atoms with E-state index in [-0.39, 0.29) is 0 Å². The molecule has 0 bridgehead atoms. The van der Waals surface area contributed by atoms with Crippen molar-refractivity contribution in [2.24, 2.45) is 0 Å². The van der Waals surface area contributed by atoms with Gasteiger partial charge in [-0.1, -0.05) is 12.1 Å². The highest BCUT2D eigenvalue weighted by atomic mass is 16.5. The molecule has 0 spiro atoms. The van der Waals surface area contributed by atoms with E-state index in [1.54, 1.807) is 36.8 Å². The molecule has 1 unspecified atom stereocenters. The zero-order valence-electron chi connectivity index (χ0n) is 23.1. The number of carbonyl (C=O) groups excluding carboxylic acids is 1. The number of esters is 1. The van der Waals surface area contributed by atoms with Crippen molar-refractivity contribution in [1.82, 2.24) is 39.7 Å². The fraction of sp³-hybridized carbons (Fsp3) is 0.367. The third-order valence-corrected chi connectivity index (χ3v) is 7.44. The average Bonchev–Trinajstić information content (AvgIpc) is 3.46. The molecule has 0 amide bonds. The Morgan fingerprint density at radius 3 is 2.71 bits per heavy atom. The summed E-state index contributed by atoms with van der Waals surface area (Å²) in [4.78, 5) is 44.3. The van der Waals surface area contributed by atoms with Crippen LogP contribution in [0.15, 0.2) is 61.1 Å². The second-order valence-electron chi connectivity index (χ2n) is 10.4. The van der Waals surface area contributed by atoms with E-state index in [0.717, 1.165) is 37.4 Å². The molecular formula is C30H33N9O2. The molecule has 11 heteroatoms. The smallest absolute Gasteiger partial charge is 0.356 e. The number of nitrogens with one attached hydrogen (secondary N) is 1. The van der Waals surface area contributed by atoms with E-state index in [4.69, 9.17) is 4.74 Å². The molecular weight excluding hydrogens is 518 g/mol. The SMILES string of the molecule is Cc1cccc(-c2nccc(Nc3ccnc(Cc4ccc(C(=O)OCCN5CCN6CCCC6C5)nc4)n3)n2)n1. The van der Waals surface area contributed by atoms with Crippen molar-refractivity contribution in [3.05, 3.63) is 83.8 Å². The summed E-state index contributed by atoms with van der Waals surface area (Å²) in [6, 6.07) is 13.5. The van der Waals surface area contributed by atoms with Crippen LogP contribution in [0.4, 0.5) is 11.6 Å². The number of piperazine rings is 1. The van der Waals surface area contributed by atoms with Crippen molar-refractivity contribution >= 4 is 17.6 Å². The molecule has 6 heterocycles. The van der Waals surface area contributed by atoms with Gasteiger partial charge in [-0.05, 0) is 62.2 Å². The number of fused-ring (bicyclic) bond motifs is 1. The number of aromatic nitrogens is 6. The van der Waals surface area contributed by atoms with Crippen LogP contribution in [-0.4, -0.2) is 91.0 Å². The van der Waals surface area contributed by atoms with E-state index in [9.17, 15) is 4.79 Å². The van der Waals surface area contributed by atoms with Crippen molar-refractivity contribution in [3.63, 3.8) is 0 Å². The Bertz CT molecular complexity index is 1500. The maximum Gasteiger partial charge on any atom is 0.356 e. The molecule has 0 aliphatic carbocycles. The molecule has 1 atom stereocenters. The number of hydrogen-bond acceptors (Lipinski definition) is 11. The molecule has 2 aliphatic heterocycles. The lowest BCUT2D eigenvalue weighted by Crippen LogP contribution is -2.50. The molecule has 2 saturated heterocycles. The minimum absolute atomic E-state index is 0.299. The zero-order chi connectivity index (χ0) is 28.0. The fourth-order valence-electron chi connectivity index (χ4n) is 5.34. The van der Waals surface area contributed by atoms with E-state index < -0.39 is 5.97 Å². The second-order valence-corrected chi connectivity index (χ2v) is 10.4. The van der Waals surface area contributed by atoms with Gasteiger partial charge in [-0.3, -0.25) is 9.80 Å². The number of hydrogen-bond donors (Lipinski definition) is 1. The van der Waals surface area contributed by atoms with Crippen LogP contribution in [0.1, 0.15) is 40.4 Å². The largest absolute Gasteiger partial charge is 0.460 e. The Kier molecular flexibility index (Phi) is 8.15. The Labute approximate surface area is 239 Å². The molecule has 4 aromatic rings. The van der Waals surface area contributed by atoms with E-state index >= 15 is 0 Å². The molecule has 41 heavy (non-hydrogen) atoms. The van der Waals surface area contributed by atoms with Gasteiger partial charge in [0.05, 0.1) is 0 Å². The van der Waals surface area contributed by atoms with Gasteiger partial charge in [0.15, 0.2) is 5.82 Å². The maximum absolute atomic E-state index is 12.5. The number of nitrogens with zero attached hydrogens (tertiary/aromatic N) is 8. The number of carbonyl (C=O) groups is 1. The third-order valence-electron chi connectivity index (χ3n) is 7.44. The molecule has 2 fully saturated rings. The predicted octanol–water partition coefficient (Wildman–Crippen LogP) is 3.30. The van der Waals surface area contributed by atoms with Gasteiger partial charge in [-0.2, -0.15) is 0 Å². The third kappa shape index (κ3) is 6.87. The first kappa shape index (κ1) is 26.9. The number of anilines is 2. The lowest BCUT2D eigenvalue weighted by Gasteiger charge is -2.37. The Hall–Kier alpha value is -4.35. The molecule has 11 nitrogen and oxygen atoms in total. The lowest BCUT2D eigenvalue weighted by molar-refractivity contribution is 0.0388. The van der Waals surface area contributed by atoms with Crippen LogP contribution in [0.2, 0.25) is 0 Å². The van der Waals surface area contributed by atoms with Crippen molar-refractivity contribution in [3.8, 4) is 11.5 Å². The summed E-state index contributed by atoms with van der Waals surface area (Å²) < 4.78 is 5.51. The lowest BCUT2D eigenvalue weighted by atomic mass is 10.1. The van der Waals surface area contributed by atoms with Gasteiger partial charge >= 0.3 is 5.97 Å². The van der Waals surface area contributed by atoms with Crippen LogP contribution in [0.5, 0.6) is 0 Å². The highest BCUT2D eigenvalue weighted by Crippen LogP contribution is 2.21. The summed E-state index contributed by atoms with van der Waals surface area (Å²) in [5.74, 6) is 1.96. The monoisotopic (exact) mass is 551 g/mol. The first-order valence-electron chi connectivity index (χ1n) is 14.0. The van der Waals surface area contributed by atoms with Crippen LogP contribution in [-0.2, 0) is 11.2 Å². The molecule has 210 valence electrons. The number of pyridine rings is 2. The van der Waals surface area contributed by atoms with Gasteiger partial charge in [-0.15, -0.1) is 0 Å². The van der Waals surface area contributed by atoms with Crippen molar-refractivity contribution in [2.75, 3.05) is 44.6 Å². The number of rotatable bonds is 9. The fourth-order valence-corrected chi connectivity index (χ4v) is 5.34. The van der Waals surface area contributed by atoms with E-state index in [0.29, 0.717) is 53.7 Å².